The summed E-state index contributed by atoms with van der Waals surface area (Å²) in [4.78, 5) is 0. The van der Waals surface area contributed by atoms with Gasteiger partial charge in [-0.15, -0.1) is 0 Å². The maximum absolute atomic E-state index is 4.17. The summed E-state index contributed by atoms with van der Waals surface area (Å²) in [7, 11) is 4.17. The van der Waals surface area contributed by atoms with E-state index >= 15 is 0 Å². The van der Waals surface area contributed by atoms with Crippen LogP contribution in [0.25, 0.3) is 0 Å². The summed E-state index contributed by atoms with van der Waals surface area (Å²) in [6, 6.07) is 0. The molecule has 0 nitrogen and oxygen atoms in total. The van der Waals surface area contributed by atoms with Gasteiger partial charge in [0.25, 0.3) is 0 Å². The molecule has 0 aliphatic rings. The van der Waals surface area contributed by atoms with Crippen molar-refractivity contribution in [2.75, 3.05) is 0 Å². The van der Waals surface area contributed by atoms with Crippen LogP contribution in [0.3, 0.4) is 0 Å². The predicted molar refractivity (Wildman–Crippen MR) is 14.7 cm³/mol. The topological polar surface area (TPSA) is 0 Å². The molecule has 0 saturated heterocycles. The van der Waals surface area contributed by atoms with Crippen LogP contribution in [-0.4, -0.2) is 13.4 Å². The summed E-state index contributed by atoms with van der Waals surface area (Å²) in [6.07, 6.45) is 0. The van der Waals surface area contributed by atoms with E-state index in [4.69, 9.17) is 0 Å². The zero-order chi connectivity index (χ0) is 4.00. The molecule has 0 radical (unpaired) electrons. The van der Waals surface area contributed by atoms with Crippen LogP contribution < -0.4 is 0 Å². The average molecular weight is 392 g/mol. The summed E-state index contributed by atoms with van der Waals surface area (Å²) >= 11 is 5.38. The van der Waals surface area contributed by atoms with Crippen LogP contribution in [0.4, 0.5) is 0 Å². The quantitative estimate of drug-likeness (QED) is 0.524. The molecule has 0 aromatic carbocycles. The first-order valence-electron chi connectivity index (χ1n) is 0.349. The second kappa shape index (κ2) is 19.4. The first-order chi connectivity index (χ1) is 2.00. The Morgan fingerprint density at radius 2 is 1.50 bits per heavy atom. The normalized spacial score (nSPS) is 2.25. The van der Waals surface area contributed by atoms with E-state index in [1.54, 1.807) is 0 Å². The molecule has 0 unspecified atom stereocenters. The van der Waals surface area contributed by atoms with Gasteiger partial charge in [-0.05, 0) is 0 Å². The first-order valence-corrected chi connectivity index (χ1v) is 9.71. The molecule has 25 valence electrons. The third-order valence-electron chi connectivity index (χ3n) is 0. The fourth-order valence-electron chi connectivity index (χ4n) is 0. The Morgan fingerprint density at radius 3 is 1.50 bits per heavy atom. The molecule has 4 heavy (non-hydrogen) atoms. The molecule has 0 bridgehead atoms. The van der Waals surface area contributed by atoms with E-state index in [-0.39, 0.29) is 0 Å². The molecule has 0 saturated carbocycles. The zero-order valence-corrected chi connectivity index (χ0v) is 9.31. The van der Waals surface area contributed by atoms with E-state index in [0.717, 1.165) is 0 Å². The van der Waals surface area contributed by atoms with Crippen LogP contribution in [0.2, 0.25) is 0 Å². The monoisotopic (exact) mass is 395 g/mol. The van der Waals surface area contributed by atoms with Crippen molar-refractivity contribution in [1.82, 2.24) is 0 Å². The molecule has 0 aromatic heterocycles. The Morgan fingerprint density at radius 1 is 1.50 bits per heavy atom. The number of hydrogen-bond acceptors (Lipinski definition) is 1. The van der Waals surface area contributed by atoms with Gasteiger partial charge < -0.3 is 0 Å². The second-order valence-electron chi connectivity index (χ2n) is 0. The molecule has 0 spiro atoms. The van der Waals surface area contributed by atoms with Crippen molar-refractivity contribution >= 4 is 23.2 Å². The Bertz CT molecular complexity index is 8.00. The van der Waals surface area contributed by atoms with Gasteiger partial charge in [0.05, 0.1) is 0 Å². The van der Waals surface area contributed by atoms with Crippen molar-refractivity contribution < 1.29 is 35.7 Å². The van der Waals surface area contributed by atoms with E-state index < -0.39 is 0 Å². The SMILES string of the molecule is [S]=[W].[SeH][Mo]. The van der Waals surface area contributed by atoms with E-state index in [9.17, 15) is 0 Å². The summed E-state index contributed by atoms with van der Waals surface area (Å²) in [6.45, 7) is 0. The zero-order valence-electron chi connectivity index (χ0n) is 1.67. The van der Waals surface area contributed by atoms with Gasteiger partial charge in [-0.1, -0.05) is 0 Å². The molecular formula is HMoSSeW. The minimum absolute atomic E-state index is 1.17. The van der Waals surface area contributed by atoms with Gasteiger partial charge in [0, 0.05) is 0 Å². The molecule has 0 heterocycles. The van der Waals surface area contributed by atoms with Gasteiger partial charge >= 0.3 is 58.9 Å². The van der Waals surface area contributed by atoms with Crippen LogP contribution in [0.1, 0.15) is 0 Å². The first kappa shape index (κ1) is 9.45. The number of hydrogen-bond donors (Lipinski definition) is 0. The second-order valence-corrected chi connectivity index (χ2v) is 0. The summed E-state index contributed by atoms with van der Waals surface area (Å²) in [5.74, 6) is 0. The summed E-state index contributed by atoms with van der Waals surface area (Å²) in [5, 5.41) is 0. The Balaban J connectivity index is 0. The van der Waals surface area contributed by atoms with Crippen molar-refractivity contribution in [3.8, 4) is 0 Å². The van der Waals surface area contributed by atoms with Gasteiger partial charge in [-0.25, -0.2) is 0 Å². The Hall–Kier alpha value is 2.12. The van der Waals surface area contributed by atoms with E-state index in [2.05, 4.69) is 23.2 Å². The van der Waals surface area contributed by atoms with Crippen molar-refractivity contribution in [1.29, 1.82) is 0 Å². The van der Waals surface area contributed by atoms with Gasteiger partial charge in [-0.3, -0.25) is 0 Å². The van der Waals surface area contributed by atoms with Crippen LogP contribution in [-0.2, 0) is 35.7 Å². The molecular weight excluding hydrogens is 391 g/mol. The molecule has 0 amide bonds. The summed E-state index contributed by atoms with van der Waals surface area (Å²) in [5.41, 5.74) is 0. The standard InChI is InChI=1S/Mo.S.H2Se.W/h;;1H2;/q+1;;;/p-1. The van der Waals surface area contributed by atoms with Crippen molar-refractivity contribution in [3.05, 3.63) is 0 Å². The third kappa shape index (κ3) is 8.93. The number of rotatable bonds is 0. The summed E-state index contributed by atoms with van der Waals surface area (Å²) < 4.78 is 0. The van der Waals surface area contributed by atoms with Gasteiger partial charge in [0.2, 0.25) is 0 Å². The fourth-order valence-corrected chi connectivity index (χ4v) is 0. The Kier molecular flexibility index (Phi) is 45.7. The molecule has 0 fully saturated rings. The van der Waals surface area contributed by atoms with Gasteiger partial charge in [-0.2, -0.15) is 0 Å². The van der Waals surface area contributed by atoms with Crippen LogP contribution in [0.15, 0.2) is 0 Å². The van der Waals surface area contributed by atoms with Crippen LogP contribution >= 0.6 is 9.82 Å². The predicted octanol–water partition coefficient (Wildman–Crippen LogP) is -0.00530. The van der Waals surface area contributed by atoms with Gasteiger partial charge in [0.1, 0.15) is 0 Å². The molecule has 0 atom stereocenters. The van der Waals surface area contributed by atoms with Crippen molar-refractivity contribution in [2.24, 2.45) is 0 Å². The van der Waals surface area contributed by atoms with Crippen LogP contribution in [0.5, 0.6) is 0 Å². The molecule has 0 N–H and O–H groups in total. The van der Waals surface area contributed by atoms with E-state index in [1.807, 2.05) is 17.7 Å². The van der Waals surface area contributed by atoms with Crippen molar-refractivity contribution in [3.63, 3.8) is 0 Å². The Labute approximate surface area is 58.2 Å². The molecule has 0 aliphatic heterocycles. The van der Waals surface area contributed by atoms with Crippen LogP contribution in [0, 0.1) is 0 Å². The molecule has 4 heteroatoms. The van der Waals surface area contributed by atoms with E-state index in [0.29, 0.717) is 0 Å². The molecule has 0 aliphatic carbocycles. The molecule has 0 rings (SSSR count). The fraction of sp³-hybridized carbons (Fsp3) is 0. The third-order valence-corrected chi connectivity index (χ3v) is 0. The average Bonchev–Trinajstić information content (AvgIpc) is 1.50. The minimum atomic E-state index is 1.17. The van der Waals surface area contributed by atoms with E-state index in [1.165, 1.54) is 18.0 Å². The van der Waals surface area contributed by atoms with Gasteiger partial charge in [0.15, 0.2) is 0 Å². The van der Waals surface area contributed by atoms with Crippen molar-refractivity contribution in [2.45, 2.75) is 0 Å². The molecule has 0 aromatic rings. The maximum atomic E-state index is 4.17.